The number of hydrogen-bond donors (Lipinski definition) is 1. The summed E-state index contributed by atoms with van der Waals surface area (Å²) >= 11 is 0. The van der Waals surface area contributed by atoms with Crippen LogP contribution in [0.25, 0.3) is 0 Å². The van der Waals surface area contributed by atoms with Crippen LogP contribution in [0.5, 0.6) is 0 Å². The van der Waals surface area contributed by atoms with Gasteiger partial charge in [0.2, 0.25) is 10.9 Å². The van der Waals surface area contributed by atoms with Crippen LogP contribution in [0.15, 0.2) is 39.9 Å². The lowest BCUT2D eigenvalue weighted by molar-refractivity contribution is 0.869. The number of nitrogens with one attached hydrogen (secondary N) is 1. The van der Waals surface area contributed by atoms with Gasteiger partial charge >= 0.3 is 0 Å². The summed E-state index contributed by atoms with van der Waals surface area (Å²) in [6, 6.07) is 9.12. The fourth-order valence-corrected chi connectivity index (χ4v) is 1.67. The number of hydrogen-bond acceptors (Lipinski definition) is 3. The summed E-state index contributed by atoms with van der Waals surface area (Å²) in [5.74, 6) is 0.371. The van der Waals surface area contributed by atoms with E-state index in [0.29, 0.717) is 11.6 Å². The normalized spacial score (nSPS) is 10.9. The fraction of sp³-hybridized carbons (Fsp3) is 0.231. The Bertz CT molecular complexity index is 577. The van der Waals surface area contributed by atoms with E-state index in [1.165, 1.54) is 6.07 Å². The molecule has 0 saturated carbocycles. The van der Waals surface area contributed by atoms with Crippen molar-refractivity contribution in [2.75, 3.05) is 5.32 Å². The van der Waals surface area contributed by atoms with E-state index in [2.05, 4.69) is 19.2 Å². The average molecular weight is 215 g/mol. The molecular weight excluding hydrogens is 202 g/mol. The van der Waals surface area contributed by atoms with Crippen molar-refractivity contribution in [1.29, 1.82) is 0 Å². The molecule has 3 nitrogen and oxygen atoms in total. The molecule has 0 saturated heterocycles. The van der Waals surface area contributed by atoms with Crippen LogP contribution in [-0.2, 0) is 0 Å². The molecule has 0 unspecified atom stereocenters. The quantitative estimate of drug-likeness (QED) is 0.798. The molecule has 0 atom stereocenters. The molecule has 0 aliphatic rings. The van der Waals surface area contributed by atoms with Gasteiger partial charge in [-0.15, -0.1) is 0 Å². The maximum absolute atomic E-state index is 11.2. The highest BCUT2D eigenvalue weighted by Crippen LogP contribution is 2.25. The summed E-state index contributed by atoms with van der Waals surface area (Å²) in [7, 11) is 0. The van der Waals surface area contributed by atoms with E-state index in [1.54, 1.807) is 0 Å². The van der Waals surface area contributed by atoms with E-state index >= 15 is 0 Å². The van der Waals surface area contributed by atoms with Crippen molar-refractivity contribution in [3.8, 4) is 0 Å². The van der Waals surface area contributed by atoms with Crippen molar-refractivity contribution >= 4 is 11.4 Å². The second-order valence-electron chi connectivity index (χ2n) is 4.12. The minimum atomic E-state index is -0.432. The van der Waals surface area contributed by atoms with Crippen LogP contribution in [0.2, 0.25) is 0 Å². The van der Waals surface area contributed by atoms with Crippen LogP contribution in [0.3, 0.4) is 0 Å². The van der Waals surface area contributed by atoms with Gasteiger partial charge in [-0.3, -0.25) is 9.59 Å². The third-order valence-corrected chi connectivity index (χ3v) is 2.60. The number of rotatable bonds is 3. The lowest BCUT2D eigenvalue weighted by Crippen LogP contribution is -2.31. The lowest BCUT2D eigenvalue weighted by atomic mass is 10.0. The van der Waals surface area contributed by atoms with E-state index < -0.39 is 10.9 Å². The summed E-state index contributed by atoms with van der Waals surface area (Å²) in [6.07, 6.45) is 0. The minimum Gasteiger partial charge on any atom is -0.352 e. The van der Waals surface area contributed by atoms with E-state index in [9.17, 15) is 9.59 Å². The van der Waals surface area contributed by atoms with E-state index in [0.717, 1.165) is 11.3 Å². The van der Waals surface area contributed by atoms with Gasteiger partial charge in [-0.05, 0) is 17.5 Å². The molecule has 0 aromatic heterocycles. The second-order valence-corrected chi connectivity index (χ2v) is 4.12. The van der Waals surface area contributed by atoms with Gasteiger partial charge in [-0.25, -0.2) is 0 Å². The molecule has 0 radical (unpaired) electrons. The monoisotopic (exact) mass is 215 g/mol. The Morgan fingerprint density at radius 1 is 1.06 bits per heavy atom. The number of benzene rings is 1. The molecule has 2 aromatic rings. The van der Waals surface area contributed by atoms with E-state index in [1.807, 2.05) is 24.3 Å². The summed E-state index contributed by atoms with van der Waals surface area (Å²) < 4.78 is 0. The molecule has 0 bridgehead atoms. The largest absolute Gasteiger partial charge is 0.352 e. The third-order valence-electron chi connectivity index (χ3n) is 2.60. The zero-order chi connectivity index (χ0) is 11.7. The molecule has 0 spiro atoms. The molecule has 0 aliphatic heterocycles. The van der Waals surface area contributed by atoms with Crippen LogP contribution in [0, 0.1) is 0 Å². The number of para-hydroxylation sites is 1. The first-order chi connectivity index (χ1) is 7.59. The summed E-state index contributed by atoms with van der Waals surface area (Å²) in [4.78, 5) is 22.0. The first kappa shape index (κ1) is 10.6. The summed E-state index contributed by atoms with van der Waals surface area (Å²) in [5.41, 5.74) is 1.56. The smallest absolute Gasteiger partial charge is 0.249 e. The first-order valence-corrected chi connectivity index (χ1v) is 5.26. The highest BCUT2D eigenvalue weighted by atomic mass is 16.2. The maximum Gasteiger partial charge on any atom is 0.249 e. The molecule has 3 heteroatoms. The Kier molecular flexibility index (Phi) is 2.60. The van der Waals surface area contributed by atoms with Gasteiger partial charge in [0, 0.05) is 11.8 Å². The van der Waals surface area contributed by atoms with Crippen molar-refractivity contribution in [2.45, 2.75) is 19.8 Å². The molecule has 0 aliphatic carbocycles. The van der Waals surface area contributed by atoms with Gasteiger partial charge in [0.1, 0.15) is 0 Å². The fourth-order valence-electron chi connectivity index (χ4n) is 1.67. The lowest BCUT2D eigenvalue weighted by Gasteiger charge is -2.14. The van der Waals surface area contributed by atoms with E-state index in [4.69, 9.17) is 0 Å². The molecule has 0 fully saturated rings. The van der Waals surface area contributed by atoms with Crippen LogP contribution in [-0.4, -0.2) is 0 Å². The van der Waals surface area contributed by atoms with Gasteiger partial charge < -0.3 is 5.32 Å². The average Bonchev–Trinajstić information content (AvgIpc) is 2.28. The van der Waals surface area contributed by atoms with Crippen LogP contribution < -0.4 is 16.2 Å². The Labute approximate surface area is 93.4 Å². The van der Waals surface area contributed by atoms with Crippen molar-refractivity contribution in [2.24, 2.45) is 0 Å². The van der Waals surface area contributed by atoms with Gasteiger partial charge in [-0.2, -0.15) is 0 Å². The zero-order valence-corrected chi connectivity index (χ0v) is 9.28. The molecule has 82 valence electrons. The second kappa shape index (κ2) is 3.93. The van der Waals surface area contributed by atoms with Crippen LogP contribution >= 0.6 is 0 Å². The molecule has 2 aromatic carbocycles. The number of anilines is 2. The van der Waals surface area contributed by atoms with Crippen molar-refractivity contribution in [3.05, 3.63) is 56.3 Å². The highest BCUT2D eigenvalue weighted by molar-refractivity contribution is 5.65. The summed E-state index contributed by atoms with van der Waals surface area (Å²) in [6.45, 7) is 4.17. The third kappa shape index (κ3) is 1.76. The SMILES string of the molecule is CC(C)c1ccccc1Nc1cc(=O)c1=O. The molecule has 2 rings (SSSR count). The van der Waals surface area contributed by atoms with Crippen LogP contribution in [0.4, 0.5) is 11.4 Å². The Hall–Kier alpha value is -1.90. The Morgan fingerprint density at radius 2 is 1.75 bits per heavy atom. The van der Waals surface area contributed by atoms with E-state index in [-0.39, 0.29) is 0 Å². The predicted molar refractivity (Wildman–Crippen MR) is 65.2 cm³/mol. The Balaban J connectivity index is 2.33. The van der Waals surface area contributed by atoms with Gasteiger partial charge in [-0.1, -0.05) is 32.0 Å². The molecular formula is C13H13NO2. The first-order valence-electron chi connectivity index (χ1n) is 5.26. The molecule has 0 heterocycles. The molecule has 1 N–H and O–H groups in total. The topological polar surface area (TPSA) is 46.2 Å². The maximum atomic E-state index is 11.2. The van der Waals surface area contributed by atoms with Crippen molar-refractivity contribution in [3.63, 3.8) is 0 Å². The van der Waals surface area contributed by atoms with Gasteiger partial charge in [0.25, 0.3) is 0 Å². The Morgan fingerprint density at radius 3 is 2.31 bits per heavy atom. The van der Waals surface area contributed by atoms with Gasteiger partial charge in [0.15, 0.2) is 0 Å². The standard InChI is InChI=1S/C13H13NO2/c1-8(2)9-5-3-4-6-10(9)14-11-7-12(15)13(11)16/h3-8,14H,1-2H3. The van der Waals surface area contributed by atoms with Crippen molar-refractivity contribution in [1.82, 2.24) is 0 Å². The van der Waals surface area contributed by atoms with Crippen LogP contribution in [0.1, 0.15) is 25.3 Å². The molecule has 16 heavy (non-hydrogen) atoms. The van der Waals surface area contributed by atoms with Gasteiger partial charge in [0.05, 0.1) is 5.69 Å². The van der Waals surface area contributed by atoms with Crippen molar-refractivity contribution < 1.29 is 0 Å². The predicted octanol–water partition coefficient (Wildman–Crippen LogP) is 2.15. The summed E-state index contributed by atoms with van der Waals surface area (Å²) in [5, 5.41) is 3.00. The zero-order valence-electron chi connectivity index (χ0n) is 9.28. The molecule has 0 amide bonds. The minimum absolute atomic E-state index is 0.371. The highest BCUT2D eigenvalue weighted by Gasteiger charge is 2.12.